The molecule has 0 heterocycles. The molecule has 0 spiro atoms. The lowest BCUT2D eigenvalue weighted by molar-refractivity contribution is -0.137. The van der Waals surface area contributed by atoms with Crippen molar-refractivity contribution < 1.29 is 22.7 Å². The molecular weight excluding hydrogens is 341 g/mol. The first-order valence-corrected chi connectivity index (χ1v) is 7.59. The van der Waals surface area contributed by atoms with Crippen molar-refractivity contribution in [2.24, 2.45) is 0 Å². The maximum absolute atomic E-state index is 13.9. The molecule has 0 aromatic heterocycles. The zero-order valence-corrected chi connectivity index (χ0v) is 12.7. The van der Waals surface area contributed by atoms with Gasteiger partial charge in [-0.25, -0.2) is 12.8 Å². The third kappa shape index (κ3) is 3.52. The second kappa shape index (κ2) is 5.98. The summed E-state index contributed by atoms with van der Waals surface area (Å²) in [5, 5.41) is 8.76. The van der Waals surface area contributed by atoms with Gasteiger partial charge in [0.1, 0.15) is 11.4 Å². The molecule has 0 unspecified atom stereocenters. The number of halogens is 2. The van der Waals surface area contributed by atoms with Gasteiger partial charge < -0.3 is 5.11 Å². The first-order valence-electron chi connectivity index (χ1n) is 5.35. The van der Waals surface area contributed by atoms with E-state index in [4.69, 9.17) is 5.11 Å². The average molecular weight is 354 g/mol. The van der Waals surface area contributed by atoms with Crippen LogP contribution in [0.25, 0.3) is 0 Å². The molecule has 0 aliphatic rings. The van der Waals surface area contributed by atoms with Gasteiger partial charge in [-0.1, -0.05) is 6.07 Å². The third-order valence-corrected chi connectivity index (χ3v) is 5.02. The average Bonchev–Trinajstić information content (AvgIpc) is 2.28. The van der Waals surface area contributed by atoms with Crippen LogP contribution in [0.15, 0.2) is 27.6 Å². The van der Waals surface area contributed by atoms with E-state index in [1.165, 1.54) is 26.0 Å². The highest BCUT2D eigenvalue weighted by Gasteiger charge is 2.31. The lowest BCUT2D eigenvalue weighted by atomic mass is 10.3. The number of carboxylic acids is 1. The van der Waals surface area contributed by atoms with Gasteiger partial charge in [0.2, 0.25) is 10.0 Å². The van der Waals surface area contributed by atoms with Crippen molar-refractivity contribution in [1.82, 2.24) is 4.31 Å². The summed E-state index contributed by atoms with van der Waals surface area (Å²) in [5.41, 5.74) is 0. The highest BCUT2D eigenvalue weighted by molar-refractivity contribution is 9.10. The highest BCUT2D eigenvalue weighted by atomic mass is 79.9. The Kier molecular flexibility index (Phi) is 5.05. The second-order valence-corrected chi connectivity index (χ2v) is 6.80. The molecule has 1 aromatic carbocycles. The monoisotopic (exact) mass is 353 g/mol. The van der Waals surface area contributed by atoms with Gasteiger partial charge >= 0.3 is 5.97 Å². The van der Waals surface area contributed by atoms with Crippen molar-refractivity contribution in [2.75, 3.05) is 6.54 Å². The normalized spacial score (nSPS) is 12.1. The zero-order valence-electron chi connectivity index (χ0n) is 10.3. The van der Waals surface area contributed by atoms with E-state index in [1.54, 1.807) is 0 Å². The fraction of sp³-hybridized carbons (Fsp3) is 0.364. The molecule has 0 bridgehead atoms. The number of rotatable bonds is 5. The predicted octanol–water partition coefficient (Wildman–Crippen LogP) is 2.07. The van der Waals surface area contributed by atoms with Crippen LogP contribution in [0.3, 0.4) is 0 Å². The van der Waals surface area contributed by atoms with Crippen molar-refractivity contribution >= 4 is 31.9 Å². The maximum Gasteiger partial charge on any atom is 0.318 e. The molecule has 1 aromatic rings. The molecule has 0 saturated carbocycles. The SMILES string of the molecule is CC(C)N(CC(=O)O)S(=O)(=O)c1cccc(Br)c1F. The molecule has 0 radical (unpaired) electrons. The molecule has 8 heteroatoms. The largest absolute Gasteiger partial charge is 0.480 e. The van der Waals surface area contributed by atoms with Crippen LogP contribution in [0, 0.1) is 5.82 Å². The Labute approximate surface area is 119 Å². The van der Waals surface area contributed by atoms with Gasteiger partial charge in [-0.3, -0.25) is 4.79 Å². The minimum Gasteiger partial charge on any atom is -0.480 e. The smallest absolute Gasteiger partial charge is 0.318 e. The Bertz CT molecular complexity index is 588. The number of hydrogen-bond donors (Lipinski definition) is 1. The molecule has 0 amide bonds. The number of carboxylic acid groups (broad SMARTS) is 1. The van der Waals surface area contributed by atoms with Crippen molar-refractivity contribution in [3.05, 3.63) is 28.5 Å². The fourth-order valence-electron chi connectivity index (χ4n) is 1.49. The molecular formula is C11H13BrFNO4S. The quantitative estimate of drug-likeness (QED) is 0.879. The van der Waals surface area contributed by atoms with Crippen molar-refractivity contribution in [3.63, 3.8) is 0 Å². The van der Waals surface area contributed by atoms with Crippen LogP contribution in [-0.2, 0) is 14.8 Å². The lowest BCUT2D eigenvalue weighted by Gasteiger charge is -2.24. The zero-order chi connectivity index (χ0) is 14.8. The Morgan fingerprint density at radius 2 is 2.05 bits per heavy atom. The van der Waals surface area contributed by atoms with Gasteiger partial charge in [0.15, 0.2) is 5.82 Å². The summed E-state index contributed by atoms with van der Waals surface area (Å²) in [5.74, 6) is -2.23. The first kappa shape index (κ1) is 16.1. The van der Waals surface area contributed by atoms with Crippen LogP contribution in [-0.4, -0.2) is 36.4 Å². The van der Waals surface area contributed by atoms with Crippen LogP contribution in [0.5, 0.6) is 0 Å². The molecule has 1 rings (SSSR count). The summed E-state index contributed by atoms with van der Waals surface area (Å²) >= 11 is 2.90. The predicted molar refractivity (Wildman–Crippen MR) is 70.8 cm³/mol. The van der Waals surface area contributed by atoms with Crippen LogP contribution < -0.4 is 0 Å². The van der Waals surface area contributed by atoms with Crippen LogP contribution in [0.2, 0.25) is 0 Å². The Morgan fingerprint density at radius 1 is 1.47 bits per heavy atom. The molecule has 106 valence electrons. The molecule has 0 fully saturated rings. The summed E-state index contributed by atoms with van der Waals surface area (Å²) in [7, 11) is -4.20. The summed E-state index contributed by atoms with van der Waals surface area (Å²) in [6.45, 7) is 2.33. The third-order valence-electron chi connectivity index (χ3n) is 2.37. The van der Waals surface area contributed by atoms with Gasteiger partial charge in [-0.2, -0.15) is 4.31 Å². The standard InChI is InChI=1S/C11H13BrFNO4S/c1-7(2)14(6-10(15)16)19(17,18)9-5-3-4-8(12)11(9)13/h3-5,7H,6H2,1-2H3,(H,15,16). The van der Waals surface area contributed by atoms with Crippen molar-refractivity contribution in [3.8, 4) is 0 Å². The summed E-state index contributed by atoms with van der Waals surface area (Å²) < 4.78 is 39.2. The minimum absolute atomic E-state index is 0.00704. The van der Waals surface area contributed by atoms with Gasteiger partial charge in [0, 0.05) is 6.04 Å². The number of aliphatic carboxylic acids is 1. The number of nitrogens with zero attached hydrogens (tertiary/aromatic N) is 1. The van der Waals surface area contributed by atoms with E-state index < -0.39 is 39.3 Å². The van der Waals surface area contributed by atoms with Gasteiger partial charge in [-0.05, 0) is 41.9 Å². The van der Waals surface area contributed by atoms with Gasteiger partial charge in [0.25, 0.3) is 0 Å². The maximum atomic E-state index is 13.9. The highest BCUT2D eigenvalue weighted by Crippen LogP contribution is 2.26. The molecule has 0 saturated heterocycles. The Hall–Kier alpha value is -0.990. The van der Waals surface area contributed by atoms with E-state index in [9.17, 15) is 17.6 Å². The summed E-state index contributed by atoms with van der Waals surface area (Å²) in [4.78, 5) is 10.2. The Morgan fingerprint density at radius 3 is 2.53 bits per heavy atom. The van der Waals surface area contributed by atoms with E-state index in [1.807, 2.05) is 0 Å². The van der Waals surface area contributed by atoms with Gasteiger partial charge in [0.05, 0.1) is 4.47 Å². The van der Waals surface area contributed by atoms with Crippen molar-refractivity contribution in [2.45, 2.75) is 24.8 Å². The molecule has 5 nitrogen and oxygen atoms in total. The Balaban J connectivity index is 3.35. The fourth-order valence-corrected chi connectivity index (χ4v) is 3.66. The molecule has 0 atom stereocenters. The van der Waals surface area contributed by atoms with E-state index in [0.717, 1.165) is 10.4 Å². The second-order valence-electron chi connectivity index (χ2n) is 4.09. The van der Waals surface area contributed by atoms with Crippen LogP contribution in [0.4, 0.5) is 4.39 Å². The van der Waals surface area contributed by atoms with Gasteiger partial charge in [-0.15, -0.1) is 0 Å². The minimum atomic E-state index is -4.20. The van der Waals surface area contributed by atoms with E-state index in [0.29, 0.717) is 0 Å². The first-order chi connectivity index (χ1) is 8.67. The molecule has 0 aliphatic heterocycles. The van der Waals surface area contributed by atoms with E-state index in [-0.39, 0.29) is 4.47 Å². The number of carbonyl (C=O) groups is 1. The molecule has 0 aliphatic carbocycles. The topological polar surface area (TPSA) is 74.7 Å². The molecule has 1 N–H and O–H groups in total. The number of hydrogen-bond acceptors (Lipinski definition) is 3. The van der Waals surface area contributed by atoms with E-state index in [2.05, 4.69) is 15.9 Å². The lowest BCUT2D eigenvalue weighted by Crippen LogP contribution is -2.40. The summed E-state index contributed by atoms with van der Waals surface area (Å²) in [6.07, 6.45) is 0. The summed E-state index contributed by atoms with van der Waals surface area (Å²) in [6, 6.07) is 3.25. The van der Waals surface area contributed by atoms with Crippen LogP contribution in [0.1, 0.15) is 13.8 Å². The van der Waals surface area contributed by atoms with E-state index >= 15 is 0 Å². The van der Waals surface area contributed by atoms with Crippen LogP contribution >= 0.6 is 15.9 Å². The van der Waals surface area contributed by atoms with Crippen molar-refractivity contribution in [1.29, 1.82) is 0 Å². The number of benzene rings is 1. The number of sulfonamides is 1. The molecule has 19 heavy (non-hydrogen) atoms.